The van der Waals surface area contributed by atoms with Crippen LogP contribution >= 0.6 is 0 Å². The van der Waals surface area contributed by atoms with Gasteiger partial charge in [-0.25, -0.2) is 19.7 Å². The van der Waals surface area contributed by atoms with E-state index in [-0.39, 0.29) is 47.4 Å². The van der Waals surface area contributed by atoms with Crippen LogP contribution in [0.25, 0.3) is 11.1 Å². The van der Waals surface area contributed by atoms with Gasteiger partial charge in [-0.15, -0.1) is 0 Å². The molecule has 1 aliphatic heterocycles. The predicted molar refractivity (Wildman–Crippen MR) is 161 cm³/mol. The topological polar surface area (TPSA) is 116 Å². The molecular formula is C32H30F6N6O4. The molecule has 2 atom stereocenters. The Morgan fingerprint density at radius 3 is 2.38 bits per heavy atom. The molecule has 1 amide bonds. The van der Waals surface area contributed by atoms with E-state index in [9.17, 15) is 36.3 Å². The Labute approximate surface area is 271 Å². The number of amides is 1. The van der Waals surface area contributed by atoms with Gasteiger partial charge in [0.2, 0.25) is 11.8 Å². The number of hydrogen-bond acceptors (Lipinski definition) is 8. The maximum Gasteiger partial charge on any atom is 0.416 e. The van der Waals surface area contributed by atoms with E-state index in [1.807, 2.05) is 6.92 Å². The van der Waals surface area contributed by atoms with E-state index in [0.29, 0.717) is 46.6 Å². The van der Waals surface area contributed by atoms with Crippen molar-refractivity contribution in [2.75, 3.05) is 23.9 Å². The summed E-state index contributed by atoms with van der Waals surface area (Å²) in [5.41, 5.74) is -1.80. The van der Waals surface area contributed by atoms with Crippen molar-refractivity contribution in [1.29, 1.82) is 0 Å². The quantitative estimate of drug-likeness (QED) is 0.119. The number of ether oxygens (including phenoxy) is 2. The van der Waals surface area contributed by atoms with E-state index in [1.165, 1.54) is 36.7 Å². The molecule has 5 rings (SSSR count). The second-order valence-corrected chi connectivity index (χ2v) is 10.9. The number of fused-ring (bicyclic) bond motifs is 1. The fourth-order valence-electron chi connectivity index (χ4n) is 5.57. The van der Waals surface area contributed by atoms with Gasteiger partial charge < -0.3 is 20.0 Å². The van der Waals surface area contributed by atoms with Crippen LogP contribution in [0.4, 0.5) is 42.8 Å². The number of pyridine rings is 2. The lowest BCUT2D eigenvalue weighted by molar-refractivity contribution is -0.604. The van der Waals surface area contributed by atoms with E-state index in [2.05, 4.69) is 20.3 Å². The zero-order valence-corrected chi connectivity index (χ0v) is 25.9. The van der Waals surface area contributed by atoms with Crippen LogP contribution in [0.3, 0.4) is 0 Å². The van der Waals surface area contributed by atoms with Gasteiger partial charge in [0.15, 0.2) is 12.4 Å². The largest absolute Gasteiger partial charge is 0.619 e. The highest BCUT2D eigenvalue weighted by atomic mass is 19.4. The lowest BCUT2D eigenvalue weighted by atomic mass is 9.93. The minimum Gasteiger partial charge on any atom is -0.619 e. The van der Waals surface area contributed by atoms with E-state index in [4.69, 9.17) is 9.47 Å². The van der Waals surface area contributed by atoms with Crippen molar-refractivity contribution in [2.45, 2.75) is 57.5 Å². The number of alkyl halides is 6. The van der Waals surface area contributed by atoms with Gasteiger partial charge >= 0.3 is 18.4 Å². The van der Waals surface area contributed by atoms with Gasteiger partial charge in [-0.2, -0.15) is 31.1 Å². The predicted octanol–water partition coefficient (Wildman–Crippen LogP) is 7.11. The van der Waals surface area contributed by atoms with Crippen LogP contribution in [0, 0.1) is 5.21 Å². The molecule has 0 saturated heterocycles. The van der Waals surface area contributed by atoms with Crippen LogP contribution < -0.4 is 19.7 Å². The third-order valence-electron chi connectivity index (χ3n) is 7.76. The highest BCUT2D eigenvalue weighted by Crippen LogP contribution is 2.41. The number of nitrogens with zero attached hydrogens (tertiary/aromatic N) is 5. The molecule has 0 fully saturated rings. The van der Waals surface area contributed by atoms with Gasteiger partial charge in [-0.05, 0) is 55.7 Å². The Balaban J connectivity index is 1.60. The number of halogens is 6. The van der Waals surface area contributed by atoms with E-state index in [1.54, 1.807) is 25.1 Å². The third-order valence-corrected chi connectivity index (χ3v) is 7.76. The fraction of sp³-hybridized carbons (Fsp3) is 0.344. The average Bonchev–Trinajstić information content (AvgIpc) is 3.03. The molecule has 48 heavy (non-hydrogen) atoms. The maximum absolute atomic E-state index is 13.7. The molecule has 0 saturated carbocycles. The number of rotatable bonds is 8. The number of carbonyl (C=O) groups is 1. The van der Waals surface area contributed by atoms with Gasteiger partial charge in [0.05, 0.1) is 53.5 Å². The van der Waals surface area contributed by atoms with Crippen LogP contribution in [0.2, 0.25) is 0 Å². The molecule has 10 nitrogen and oxygen atoms in total. The third kappa shape index (κ3) is 7.37. The Hall–Kier alpha value is -5.15. The molecule has 0 radical (unpaired) electrons. The molecule has 0 bridgehead atoms. The normalized spacial score (nSPS) is 16.3. The molecule has 0 aliphatic carbocycles. The van der Waals surface area contributed by atoms with Crippen LogP contribution in [0.5, 0.6) is 5.88 Å². The molecule has 0 unspecified atom stereocenters. The number of hydrogen-bond donors (Lipinski definition) is 1. The summed E-state index contributed by atoms with van der Waals surface area (Å²) in [7, 11) is 1.43. The van der Waals surface area contributed by atoms with Crippen LogP contribution in [-0.4, -0.2) is 40.8 Å². The molecule has 1 aliphatic rings. The van der Waals surface area contributed by atoms with Gasteiger partial charge in [0, 0.05) is 36.4 Å². The van der Waals surface area contributed by atoms with Crippen molar-refractivity contribution < 1.29 is 45.3 Å². The summed E-state index contributed by atoms with van der Waals surface area (Å²) in [4.78, 5) is 28.0. The van der Waals surface area contributed by atoms with Crippen LogP contribution in [0.1, 0.15) is 60.8 Å². The molecule has 254 valence electrons. The fourth-order valence-corrected chi connectivity index (χ4v) is 5.57. The van der Waals surface area contributed by atoms with Crippen molar-refractivity contribution >= 4 is 17.7 Å². The standard InChI is InChI=1S/C32H30F6N6O4/c1-4-22-15-25(28-26(8-9-27(42-28)47-3)44(22)30(45)48-5-2)41-29-39-16-23(19-7-6-10-43(46)17-19)24(40-29)13-18-11-20(31(33,34)35)14-21(12-18)32(36,37)38/h6-12,14,16-17,22,25H,4-5,13,15H2,1-3H3,(H,39,40,41)/t22-,25+/m1/s1. The van der Waals surface area contributed by atoms with Crippen molar-refractivity contribution in [2.24, 2.45) is 0 Å². The molecule has 4 heterocycles. The van der Waals surface area contributed by atoms with Gasteiger partial charge in [-0.3, -0.25) is 4.90 Å². The first-order valence-electron chi connectivity index (χ1n) is 14.8. The number of nitrogens with one attached hydrogen (secondary N) is 1. The number of methoxy groups -OCH3 is 1. The molecule has 1 aromatic carbocycles. The van der Waals surface area contributed by atoms with Gasteiger partial charge in [0.1, 0.15) is 0 Å². The van der Waals surface area contributed by atoms with Crippen LogP contribution in [0.15, 0.2) is 61.1 Å². The molecular weight excluding hydrogens is 646 g/mol. The minimum absolute atomic E-state index is 0.0114. The van der Waals surface area contributed by atoms with Gasteiger partial charge in [0.25, 0.3) is 0 Å². The Morgan fingerprint density at radius 2 is 1.77 bits per heavy atom. The van der Waals surface area contributed by atoms with E-state index in [0.717, 1.165) is 0 Å². The lowest BCUT2D eigenvalue weighted by Gasteiger charge is -2.39. The minimum atomic E-state index is -5.04. The molecule has 16 heteroatoms. The summed E-state index contributed by atoms with van der Waals surface area (Å²) in [6.45, 7) is 3.74. The highest BCUT2D eigenvalue weighted by molar-refractivity contribution is 5.90. The van der Waals surface area contributed by atoms with E-state index < -0.39 is 42.0 Å². The Morgan fingerprint density at radius 1 is 1.06 bits per heavy atom. The number of benzene rings is 1. The first-order chi connectivity index (χ1) is 22.7. The second kappa shape index (κ2) is 13.5. The lowest BCUT2D eigenvalue weighted by Crippen LogP contribution is -2.46. The average molecular weight is 677 g/mol. The first-order valence-corrected chi connectivity index (χ1v) is 14.8. The Kier molecular flexibility index (Phi) is 9.64. The van der Waals surface area contributed by atoms with Crippen molar-refractivity contribution in [3.63, 3.8) is 0 Å². The summed E-state index contributed by atoms with van der Waals surface area (Å²) < 4.78 is 93.0. The van der Waals surface area contributed by atoms with Crippen LogP contribution in [-0.2, 0) is 23.5 Å². The second-order valence-electron chi connectivity index (χ2n) is 10.9. The number of aromatic nitrogens is 4. The SMILES string of the molecule is CCOC(=O)N1c2ccc(OC)nc2[C@@H](Nc2ncc(-c3ccc[n+]([O-])c3)c(Cc3cc(C(F)(F)F)cc(C(F)(F)F)c3)n2)C[C@H]1CC. The molecule has 4 aromatic rings. The molecule has 0 spiro atoms. The monoisotopic (exact) mass is 676 g/mol. The summed E-state index contributed by atoms with van der Waals surface area (Å²) in [5, 5.41) is 15.3. The van der Waals surface area contributed by atoms with E-state index >= 15 is 0 Å². The summed E-state index contributed by atoms with van der Waals surface area (Å²) in [6.07, 6.45) is -6.51. The summed E-state index contributed by atoms with van der Waals surface area (Å²) in [6, 6.07) is 6.62. The first kappa shape index (κ1) is 34.2. The number of anilines is 2. The maximum atomic E-state index is 13.7. The van der Waals surface area contributed by atoms with Crippen molar-refractivity contribution in [3.8, 4) is 17.0 Å². The summed E-state index contributed by atoms with van der Waals surface area (Å²) in [5.74, 6) is 0.249. The van der Waals surface area contributed by atoms with Crippen molar-refractivity contribution in [3.05, 3.63) is 94.3 Å². The smallest absolute Gasteiger partial charge is 0.416 e. The number of carbonyl (C=O) groups excluding carboxylic acids is 1. The van der Waals surface area contributed by atoms with Crippen molar-refractivity contribution in [1.82, 2.24) is 15.0 Å². The summed E-state index contributed by atoms with van der Waals surface area (Å²) >= 11 is 0. The zero-order chi connectivity index (χ0) is 34.8. The molecule has 1 N–H and O–H groups in total. The Bertz CT molecular complexity index is 1770. The highest BCUT2D eigenvalue weighted by Gasteiger charge is 2.39. The zero-order valence-electron chi connectivity index (χ0n) is 25.9. The molecule has 3 aromatic heterocycles. The van der Waals surface area contributed by atoms with Gasteiger partial charge in [-0.1, -0.05) is 6.92 Å².